The van der Waals surface area contributed by atoms with Gasteiger partial charge in [0.2, 0.25) is 5.91 Å². The van der Waals surface area contributed by atoms with E-state index in [9.17, 15) is 4.79 Å². The first-order valence-electron chi connectivity index (χ1n) is 10.6. The number of carbonyl (C=O) groups excluding carboxylic acids is 1. The van der Waals surface area contributed by atoms with Crippen LogP contribution in [0.4, 0.5) is 5.69 Å². The number of nitrogens with zero attached hydrogens (tertiary/aromatic N) is 3. The fraction of sp³-hybridized carbons (Fsp3) is 0.269. The molecule has 1 N–H and O–H groups in total. The molecule has 0 aliphatic carbocycles. The highest BCUT2D eigenvalue weighted by Gasteiger charge is 2.10. The van der Waals surface area contributed by atoms with Gasteiger partial charge in [-0.25, -0.2) is 0 Å². The van der Waals surface area contributed by atoms with Crippen molar-refractivity contribution >= 4 is 17.7 Å². The molecular weight excluding hydrogens is 400 g/mol. The molecule has 0 aliphatic rings. The Balaban J connectivity index is 1.62. The highest BCUT2D eigenvalue weighted by molar-refractivity contribution is 6.02. The van der Waals surface area contributed by atoms with E-state index in [1.807, 2.05) is 36.7 Å². The molecular formula is C26H28N4O2. The van der Waals surface area contributed by atoms with Gasteiger partial charge in [-0.15, -0.1) is 0 Å². The number of hydrogen-bond acceptors (Lipinski definition) is 4. The summed E-state index contributed by atoms with van der Waals surface area (Å²) >= 11 is 0. The van der Waals surface area contributed by atoms with Crippen molar-refractivity contribution in [2.24, 2.45) is 0 Å². The van der Waals surface area contributed by atoms with Gasteiger partial charge in [0.05, 0.1) is 24.9 Å². The normalized spacial score (nSPS) is 10.8. The zero-order valence-electron chi connectivity index (χ0n) is 18.8. The van der Waals surface area contributed by atoms with Gasteiger partial charge in [-0.1, -0.05) is 35.9 Å². The summed E-state index contributed by atoms with van der Waals surface area (Å²) in [6.45, 7) is 7.19. The van der Waals surface area contributed by atoms with E-state index >= 15 is 0 Å². The van der Waals surface area contributed by atoms with Gasteiger partial charge >= 0.3 is 0 Å². The number of aryl methyl sites for hydroxylation is 2. The van der Waals surface area contributed by atoms with Gasteiger partial charge in [0.25, 0.3) is 0 Å². The van der Waals surface area contributed by atoms with Gasteiger partial charge in [-0.3, -0.25) is 9.48 Å². The zero-order valence-corrected chi connectivity index (χ0v) is 18.8. The minimum atomic E-state index is -0.225. The molecule has 0 radical (unpaired) electrons. The van der Waals surface area contributed by atoms with Gasteiger partial charge < -0.3 is 10.1 Å². The number of benzene rings is 2. The number of hydrogen-bond donors (Lipinski definition) is 1. The number of aromatic nitrogens is 2. The molecule has 0 saturated carbocycles. The maximum Gasteiger partial charge on any atom is 0.248 e. The Hall–Kier alpha value is -3.85. The van der Waals surface area contributed by atoms with Crippen molar-refractivity contribution in [3.05, 3.63) is 82.7 Å². The minimum Gasteiger partial charge on any atom is -0.493 e. The van der Waals surface area contributed by atoms with E-state index in [-0.39, 0.29) is 5.91 Å². The fourth-order valence-corrected chi connectivity index (χ4v) is 3.32. The van der Waals surface area contributed by atoms with E-state index in [4.69, 9.17) is 10.00 Å². The molecule has 0 fully saturated rings. The van der Waals surface area contributed by atoms with Crippen LogP contribution in [0.2, 0.25) is 0 Å². The molecule has 0 aliphatic heterocycles. The van der Waals surface area contributed by atoms with Crippen LogP contribution in [-0.2, 0) is 11.3 Å². The van der Waals surface area contributed by atoms with E-state index < -0.39 is 0 Å². The number of amides is 1. The summed E-state index contributed by atoms with van der Waals surface area (Å²) in [7, 11) is 0. The topological polar surface area (TPSA) is 79.9 Å². The van der Waals surface area contributed by atoms with Gasteiger partial charge in [-0.2, -0.15) is 10.4 Å². The first-order valence-corrected chi connectivity index (χ1v) is 10.6. The minimum absolute atomic E-state index is 0.225. The van der Waals surface area contributed by atoms with Crippen LogP contribution >= 0.6 is 0 Å². The predicted octanol–water partition coefficient (Wildman–Crippen LogP) is 5.19. The number of anilines is 1. The van der Waals surface area contributed by atoms with Crippen LogP contribution in [0.1, 0.15) is 40.9 Å². The average Bonchev–Trinajstić information content (AvgIpc) is 3.04. The zero-order chi connectivity index (χ0) is 22.9. The monoisotopic (exact) mass is 428 g/mol. The Kier molecular flexibility index (Phi) is 7.82. The SMILES string of the molecule is Cc1ccc(Cn2nc(C)c(C=CC(=O)Nc3cccc(OCCCC#N)c3)c2C)cc1. The van der Waals surface area contributed by atoms with Crippen molar-refractivity contribution in [2.45, 2.75) is 40.2 Å². The van der Waals surface area contributed by atoms with Crippen molar-refractivity contribution in [3.8, 4) is 11.8 Å². The maximum absolute atomic E-state index is 12.4. The molecule has 2 aromatic carbocycles. The summed E-state index contributed by atoms with van der Waals surface area (Å²) < 4.78 is 7.58. The maximum atomic E-state index is 12.4. The average molecular weight is 429 g/mol. The molecule has 0 bridgehead atoms. The van der Waals surface area contributed by atoms with Gasteiger partial charge in [0, 0.05) is 35.5 Å². The van der Waals surface area contributed by atoms with Crippen LogP contribution < -0.4 is 10.1 Å². The third-order valence-electron chi connectivity index (χ3n) is 5.09. The van der Waals surface area contributed by atoms with Crippen molar-refractivity contribution in [1.29, 1.82) is 5.26 Å². The molecule has 1 amide bonds. The number of nitrogens with one attached hydrogen (secondary N) is 1. The molecule has 0 spiro atoms. The molecule has 1 heterocycles. The molecule has 1 aromatic heterocycles. The van der Waals surface area contributed by atoms with Crippen LogP contribution in [-0.4, -0.2) is 22.3 Å². The van der Waals surface area contributed by atoms with Crippen molar-refractivity contribution in [2.75, 3.05) is 11.9 Å². The highest BCUT2D eigenvalue weighted by atomic mass is 16.5. The van der Waals surface area contributed by atoms with E-state index in [0.717, 1.165) is 17.0 Å². The third kappa shape index (κ3) is 6.32. The summed E-state index contributed by atoms with van der Waals surface area (Å²) in [5.74, 6) is 0.436. The first-order chi connectivity index (χ1) is 15.5. The van der Waals surface area contributed by atoms with Gasteiger partial charge in [0.1, 0.15) is 5.75 Å². The number of unbranched alkanes of at least 4 members (excludes halogenated alkanes) is 1. The molecule has 32 heavy (non-hydrogen) atoms. The summed E-state index contributed by atoms with van der Waals surface area (Å²) in [5.41, 5.74) is 5.91. The van der Waals surface area contributed by atoms with Crippen LogP contribution in [0.15, 0.2) is 54.6 Å². The van der Waals surface area contributed by atoms with Crippen molar-refractivity contribution in [3.63, 3.8) is 0 Å². The molecule has 6 nitrogen and oxygen atoms in total. The Morgan fingerprint density at radius 2 is 1.97 bits per heavy atom. The first kappa shape index (κ1) is 22.8. The lowest BCUT2D eigenvalue weighted by molar-refractivity contribution is -0.111. The van der Waals surface area contributed by atoms with Gasteiger partial charge in [-0.05, 0) is 51.0 Å². The van der Waals surface area contributed by atoms with Crippen LogP contribution in [0.3, 0.4) is 0 Å². The number of nitriles is 1. The van der Waals surface area contributed by atoms with Crippen LogP contribution in [0, 0.1) is 32.1 Å². The quantitative estimate of drug-likeness (QED) is 0.376. The number of carbonyl (C=O) groups is 1. The largest absolute Gasteiger partial charge is 0.493 e. The molecule has 0 unspecified atom stereocenters. The van der Waals surface area contributed by atoms with E-state index in [1.165, 1.54) is 17.2 Å². The molecule has 0 saturated heterocycles. The smallest absolute Gasteiger partial charge is 0.248 e. The predicted molar refractivity (Wildman–Crippen MR) is 126 cm³/mol. The van der Waals surface area contributed by atoms with Gasteiger partial charge in [0.15, 0.2) is 0 Å². The molecule has 0 atom stereocenters. The van der Waals surface area contributed by atoms with Crippen molar-refractivity contribution in [1.82, 2.24) is 9.78 Å². The molecule has 6 heteroatoms. The van der Waals surface area contributed by atoms with Crippen molar-refractivity contribution < 1.29 is 9.53 Å². The number of ether oxygens (including phenoxy) is 1. The van der Waals surface area contributed by atoms with E-state index in [1.54, 1.807) is 12.1 Å². The van der Waals surface area contributed by atoms with E-state index in [2.05, 4.69) is 47.7 Å². The second-order valence-electron chi connectivity index (χ2n) is 7.69. The molecule has 164 valence electrons. The molecule has 3 rings (SSSR count). The second kappa shape index (κ2) is 11.0. The highest BCUT2D eigenvalue weighted by Crippen LogP contribution is 2.19. The summed E-state index contributed by atoms with van der Waals surface area (Å²) in [4.78, 5) is 12.4. The Morgan fingerprint density at radius 1 is 1.19 bits per heavy atom. The van der Waals surface area contributed by atoms with E-state index in [0.29, 0.717) is 37.4 Å². The summed E-state index contributed by atoms with van der Waals surface area (Å²) in [5, 5.41) is 16.1. The third-order valence-corrected chi connectivity index (χ3v) is 5.09. The van der Waals surface area contributed by atoms with Crippen LogP contribution in [0.25, 0.3) is 6.08 Å². The lowest BCUT2D eigenvalue weighted by Gasteiger charge is -2.07. The fourth-order valence-electron chi connectivity index (χ4n) is 3.32. The van der Waals surface area contributed by atoms with Crippen LogP contribution in [0.5, 0.6) is 5.75 Å². The Morgan fingerprint density at radius 3 is 2.72 bits per heavy atom. The Bertz CT molecular complexity index is 1140. The second-order valence-corrected chi connectivity index (χ2v) is 7.69. The Labute approximate surface area is 189 Å². The molecule has 3 aromatic rings. The summed E-state index contributed by atoms with van der Waals surface area (Å²) in [6.07, 6.45) is 4.46. The standard InChI is InChI=1S/C26H28N4O2/c1-19-9-11-22(12-10-19)18-30-21(3)25(20(2)29-30)13-14-26(31)28-23-7-6-8-24(17-23)32-16-5-4-15-27/h6-14,17H,4-5,16,18H2,1-3H3,(H,28,31). The number of rotatable bonds is 9. The lowest BCUT2D eigenvalue weighted by atomic mass is 10.1. The summed E-state index contributed by atoms with van der Waals surface area (Å²) in [6, 6.07) is 17.7. The lowest BCUT2D eigenvalue weighted by Crippen LogP contribution is -2.08.